The summed E-state index contributed by atoms with van der Waals surface area (Å²) in [6.07, 6.45) is 4.60. The first-order valence-corrected chi connectivity index (χ1v) is 9.80. The van der Waals surface area contributed by atoms with Crippen LogP contribution in [0.3, 0.4) is 0 Å². The van der Waals surface area contributed by atoms with Crippen molar-refractivity contribution in [1.82, 2.24) is 15.5 Å². The van der Waals surface area contributed by atoms with Crippen LogP contribution in [0, 0.1) is 17.8 Å². The first-order valence-electron chi connectivity index (χ1n) is 9.80. The minimum atomic E-state index is -0.842. The van der Waals surface area contributed by atoms with Crippen molar-refractivity contribution in [2.75, 3.05) is 19.6 Å². The van der Waals surface area contributed by atoms with Crippen molar-refractivity contribution in [2.24, 2.45) is 17.8 Å². The van der Waals surface area contributed by atoms with Gasteiger partial charge >= 0.3 is 12.0 Å². The molecule has 0 spiro atoms. The second-order valence-electron chi connectivity index (χ2n) is 8.41. The van der Waals surface area contributed by atoms with Crippen LogP contribution < -0.4 is 10.6 Å². The standard InChI is InChI=1S/C19H33N3O4/c1-13(2)11-20-18(26)22-10-6-7-14(12-22)16(23)21-19(3)9-5-4-8-15(19)17(24)25/h13-15H,4-12H2,1-3H3,(H,20,26)(H,21,23)(H,24,25). The van der Waals surface area contributed by atoms with Crippen LogP contribution in [0.25, 0.3) is 0 Å². The van der Waals surface area contributed by atoms with Crippen molar-refractivity contribution < 1.29 is 19.5 Å². The molecule has 3 amide bonds. The molecule has 0 aromatic carbocycles. The van der Waals surface area contributed by atoms with Crippen molar-refractivity contribution in [1.29, 1.82) is 0 Å². The van der Waals surface area contributed by atoms with Gasteiger partial charge in [0, 0.05) is 19.6 Å². The first-order chi connectivity index (χ1) is 12.2. The van der Waals surface area contributed by atoms with E-state index in [-0.39, 0.29) is 17.9 Å². The van der Waals surface area contributed by atoms with Crippen LogP contribution in [0.4, 0.5) is 4.79 Å². The van der Waals surface area contributed by atoms with E-state index < -0.39 is 17.4 Å². The molecule has 0 radical (unpaired) electrons. The highest BCUT2D eigenvalue weighted by molar-refractivity contribution is 5.82. The Bertz CT molecular complexity index is 537. The molecule has 7 heteroatoms. The fourth-order valence-electron chi connectivity index (χ4n) is 4.04. The van der Waals surface area contributed by atoms with E-state index >= 15 is 0 Å². The van der Waals surface area contributed by atoms with Crippen molar-refractivity contribution in [3.05, 3.63) is 0 Å². The van der Waals surface area contributed by atoms with Crippen LogP contribution in [-0.2, 0) is 9.59 Å². The summed E-state index contributed by atoms with van der Waals surface area (Å²) in [6, 6.07) is -0.122. The Morgan fingerprint density at radius 3 is 2.58 bits per heavy atom. The molecule has 26 heavy (non-hydrogen) atoms. The average molecular weight is 367 g/mol. The van der Waals surface area contributed by atoms with Gasteiger partial charge in [0.05, 0.1) is 17.4 Å². The predicted octanol–water partition coefficient (Wildman–Crippen LogP) is 2.21. The molecule has 2 fully saturated rings. The molecule has 3 atom stereocenters. The number of carbonyl (C=O) groups excluding carboxylic acids is 2. The molecule has 3 N–H and O–H groups in total. The van der Waals surface area contributed by atoms with Gasteiger partial charge in [-0.1, -0.05) is 26.7 Å². The van der Waals surface area contributed by atoms with Crippen LogP contribution in [0.1, 0.15) is 59.3 Å². The van der Waals surface area contributed by atoms with E-state index in [9.17, 15) is 19.5 Å². The van der Waals surface area contributed by atoms with Crippen LogP contribution in [0.15, 0.2) is 0 Å². The largest absolute Gasteiger partial charge is 0.481 e. The summed E-state index contributed by atoms with van der Waals surface area (Å²) >= 11 is 0. The Morgan fingerprint density at radius 2 is 1.92 bits per heavy atom. The summed E-state index contributed by atoms with van der Waals surface area (Å²) in [6.45, 7) is 7.59. The molecular formula is C19H33N3O4. The second kappa shape index (κ2) is 8.73. The number of carboxylic acids is 1. The monoisotopic (exact) mass is 367 g/mol. The van der Waals surface area contributed by atoms with Gasteiger partial charge < -0.3 is 20.6 Å². The minimum Gasteiger partial charge on any atom is -0.481 e. The zero-order valence-corrected chi connectivity index (χ0v) is 16.2. The Labute approximate surface area is 155 Å². The zero-order chi connectivity index (χ0) is 19.3. The lowest BCUT2D eigenvalue weighted by Crippen LogP contribution is -2.58. The fourth-order valence-corrected chi connectivity index (χ4v) is 4.04. The lowest BCUT2D eigenvalue weighted by molar-refractivity contribution is -0.147. The summed E-state index contributed by atoms with van der Waals surface area (Å²) < 4.78 is 0. The number of piperidine rings is 1. The molecule has 3 unspecified atom stereocenters. The van der Waals surface area contributed by atoms with Gasteiger partial charge in [0.25, 0.3) is 0 Å². The highest BCUT2D eigenvalue weighted by Crippen LogP contribution is 2.34. The molecule has 1 saturated heterocycles. The van der Waals surface area contributed by atoms with E-state index in [1.165, 1.54) is 0 Å². The summed E-state index contributed by atoms with van der Waals surface area (Å²) in [5.41, 5.74) is -0.705. The van der Waals surface area contributed by atoms with Crippen molar-refractivity contribution in [3.8, 4) is 0 Å². The van der Waals surface area contributed by atoms with Gasteiger partial charge in [-0.05, 0) is 38.5 Å². The Kier molecular flexibility index (Phi) is 6.89. The van der Waals surface area contributed by atoms with Gasteiger partial charge in [0.15, 0.2) is 0 Å². The number of nitrogens with zero attached hydrogens (tertiary/aromatic N) is 1. The molecule has 2 aliphatic rings. The Balaban J connectivity index is 1.95. The van der Waals surface area contributed by atoms with Gasteiger partial charge in [-0.15, -0.1) is 0 Å². The van der Waals surface area contributed by atoms with Crippen LogP contribution in [0.2, 0.25) is 0 Å². The van der Waals surface area contributed by atoms with Crippen molar-refractivity contribution in [2.45, 2.75) is 64.8 Å². The molecule has 1 heterocycles. The molecule has 1 saturated carbocycles. The Hall–Kier alpha value is -1.79. The highest BCUT2D eigenvalue weighted by Gasteiger charge is 2.43. The number of carboxylic acid groups (broad SMARTS) is 1. The van der Waals surface area contributed by atoms with E-state index in [2.05, 4.69) is 10.6 Å². The molecule has 1 aliphatic carbocycles. The first kappa shape index (κ1) is 20.5. The lowest BCUT2D eigenvalue weighted by Gasteiger charge is -2.41. The lowest BCUT2D eigenvalue weighted by atomic mass is 9.73. The smallest absolute Gasteiger partial charge is 0.317 e. The van der Waals surface area contributed by atoms with E-state index in [1.54, 1.807) is 4.90 Å². The molecule has 1 aliphatic heterocycles. The molecule has 0 aromatic rings. The number of aliphatic carboxylic acids is 1. The quantitative estimate of drug-likeness (QED) is 0.694. The third kappa shape index (κ3) is 5.11. The molecule has 0 aromatic heterocycles. The SMILES string of the molecule is CC(C)CNC(=O)N1CCCC(C(=O)NC2(C)CCCCC2C(=O)O)C1. The maximum Gasteiger partial charge on any atom is 0.317 e. The van der Waals surface area contributed by atoms with Crippen LogP contribution in [-0.4, -0.2) is 53.1 Å². The van der Waals surface area contributed by atoms with Gasteiger partial charge in [-0.25, -0.2) is 4.79 Å². The summed E-state index contributed by atoms with van der Waals surface area (Å²) in [4.78, 5) is 38.4. The predicted molar refractivity (Wildman–Crippen MR) is 98.7 cm³/mol. The topological polar surface area (TPSA) is 98.7 Å². The summed E-state index contributed by atoms with van der Waals surface area (Å²) in [7, 11) is 0. The van der Waals surface area contributed by atoms with Gasteiger partial charge in [0.2, 0.25) is 5.91 Å². The highest BCUT2D eigenvalue weighted by atomic mass is 16.4. The number of rotatable bonds is 5. The number of urea groups is 1. The normalized spacial score (nSPS) is 29.3. The number of hydrogen-bond acceptors (Lipinski definition) is 3. The third-order valence-electron chi connectivity index (χ3n) is 5.66. The molecule has 2 rings (SSSR count). The Morgan fingerprint density at radius 1 is 1.19 bits per heavy atom. The summed E-state index contributed by atoms with van der Waals surface area (Å²) in [5.74, 6) is -1.41. The van der Waals surface area contributed by atoms with Crippen molar-refractivity contribution in [3.63, 3.8) is 0 Å². The maximum atomic E-state index is 12.8. The van der Waals surface area contributed by atoms with E-state index in [0.717, 1.165) is 25.7 Å². The average Bonchev–Trinajstić information content (AvgIpc) is 2.59. The van der Waals surface area contributed by atoms with E-state index in [0.29, 0.717) is 38.4 Å². The van der Waals surface area contributed by atoms with Crippen LogP contribution >= 0.6 is 0 Å². The molecule has 0 bridgehead atoms. The minimum absolute atomic E-state index is 0.122. The maximum absolute atomic E-state index is 12.8. The number of likely N-dealkylation sites (tertiary alicyclic amines) is 1. The fraction of sp³-hybridized carbons (Fsp3) is 0.842. The number of nitrogens with one attached hydrogen (secondary N) is 2. The van der Waals surface area contributed by atoms with Gasteiger partial charge in [0.1, 0.15) is 0 Å². The number of carbonyl (C=O) groups is 3. The zero-order valence-electron chi connectivity index (χ0n) is 16.2. The van der Waals surface area contributed by atoms with Gasteiger partial charge in [-0.3, -0.25) is 9.59 Å². The third-order valence-corrected chi connectivity index (χ3v) is 5.66. The van der Waals surface area contributed by atoms with E-state index in [4.69, 9.17) is 0 Å². The number of amides is 3. The molecule has 148 valence electrons. The molecular weight excluding hydrogens is 334 g/mol. The van der Waals surface area contributed by atoms with Gasteiger partial charge in [-0.2, -0.15) is 0 Å². The van der Waals surface area contributed by atoms with Crippen molar-refractivity contribution >= 4 is 17.9 Å². The second-order valence-corrected chi connectivity index (χ2v) is 8.41. The van der Waals surface area contributed by atoms with E-state index in [1.807, 2.05) is 20.8 Å². The summed E-state index contributed by atoms with van der Waals surface area (Å²) in [5, 5.41) is 15.4. The van der Waals surface area contributed by atoms with Crippen LogP contribution in [0.5, 0.6) is 0 Å². The number of hydrogen-bond donors (Lipinski definition) is 3. The molecule has 7 nitrogen and oxygen atoms in total.